The van der Waals surface area contributed by atoms with Crippen molar-refractivity contribution in [1.29, 1.82) is 0 Å². The van der Waals surface area contributed by atoms with E-state index >= 15 is 0 Å². The van der Waals surface area contributed by atoms with Gasteiger partial charge < -0.3 is 10.1 Å². The van der Waals surface area contributed by atoms with Crippen LogP contribution < -0.4 is 5.32 Å². The third kappa shape index (κ3) is 3.56. The summed E-state index contributed by atoms with van der Waals surface area (Å²) in [5, 5.41) is 6.16. The minimum absolute atomic E-state index is 0.857. The lowest BCUT2D eigenvalue weighted by Gasteiger charge is -2.08. The molecule has 0 unspecified atom stereocenters. The molecule has 0 aliphatic carbocycles. The quantitative estimate of drug-likeness (QED) is 0.753. The maximum atomic E-state index is 5.04. The van der Waals surface area contributed by atoms with Crippen molar-refractivity contribution in [1.82, 2.24) is 5.32 Å². The molecule has 2 aromatic rings. The Morgan fingerprint density at radius 1 is 1.00 bits per heavy atom. The van der Waals surface area contributed by atoms with E-state index in [0.29, 0.717) is 0 Å². The van der Waals surface area contributed by atoms with Crippen LogP contribution in [-0.4, -0.2) is 20.3 Å². The molecule has 0 aliphatic heterocycles. The molecule has 0 spiro atoms. The van der Waals surface area contributed by atoms with Gasteiger partial charge in [0.2, 0.25) is 0 Å². The molecular weight excluding hydrogens is 222 g/mol. The van der Waals surface area contributed by atoms with Gasteiger partial charge in [0.05, 0.1) is 0 Å². The van der Waals surface area contributed by atoms with Gasteiger partial charge >= 0.3 is 0 Å². The molecule has 2 rings (SSSR count). The van der Waals surface area contributed by atoms with Crippen LogP contribution in [0.5, 0.6) is 0 Å². The summed E-state index contributed by atoms with van der Waals surface area (Å²) in [6, 6.07) is 15.0. The highest BCUT2D eigenvalue weighted by Crippen LogP contribution is 2.18. The molecule has 0 amide bonds. The van der Waals surface area contributed by atoms with E-state index in [0.717, 1.165) is 26.1 Å². The lowest BCUT2D eigenvalue weighted by molar-refractivity contribution is 0.192. The van der Waals surface area contributed by atoms with E-state index in [2.05, 4.69) is 47.8 Å². The molecule has 0 aliphatic rings. The van der Waals surface area contributed by atoms with Gasteiger partial charge in [-0.15, -0.1) is 0 Å². The molecule has 0 saturated heterocycles. The number of fused-ring (bicyclic) bond motifs is 1. The number of benzene rings is 2. The van der Waals surface area contributed by atoms with Crippen LogP contribution in [-0.2, 0) is 11.3 Å². The van der Waals surface area contributed by atoms with Crippen molar-refractivity contribution in [2.75, 3.05) is 20.3 Å². The van der Waals surface area contributed by atoms with Crippen molar-refractivity contribution in [3.63, 3.8) is 0 Å². The van der Waals surface area contributed by atoms with Gasteiger partial charge in [0.25, 0.3) is 0 Å². The smallest absolute Gasteiger partial charge is 0.0462 e. The van der Waals surface area contributed by atoms with E-state index in [1.165, 1.54) is 22.8 Å². The van der Waals surface area contributed by atoms with E-state index in [9.17, 15) is 0 Å². The van der Waals surface area contributed by atoms with E-state index in [1.807, 2.05) is 0 Å². The molecule has 0 aromatic heterocycles. The summed E-state index contributed by atoms with van der Waals surface area (Å²) in [5.74, 6) is 0. The van der Waals surface area contributed by atoms with Gasteiger partial charge in [-0.3, -0.25) is 0 Å². The van der Waals surface area contributed by atoms with Gasteiger partial charge in [0, 0.05) is 20.3 Å². The highest BCUT2D eigenvalue weighted by Gasteiger charge is 1.99. The summed E-state index contributed by atoms with van der Waals surface area (Å²) in [4.78, 5) is 0. The molecule has 1 N–H and O–H groups in total. The normalized spacial score (nSPS) is 10.9. The van der Waals surface area contributed by atoms with Crippen molar-refractivity contribution in [3.8, 4) is 0 Å². The van der Waals surface area contributed by atoms with E-state index < -0.39 is 0 Å². The molecule has 2 nitrogen and oxygen atoms in total. The van der Waals surface area contributed by atoms with Crippen LogP contribution in [0.1, 0.15) is 18.4 Å². The Labute approximate surface area is 109 Å². The van der Waals surface area contributed by atoms with Crippen molar-refractivity contribution in [2.24, 2.45) is 0 Å². The number of rotatable bonds is 7. The fraction of sp³-hybridized carbons (Fsp3) is 0.375. The molecule has 2 aromatic carbocycles. The van der Waals surface area contributed by atoms with Gasteiger partial charge in [-0.2, -0.15) is 0 Å². The third-order valence-electron chi connectivity index (χ3n) is 3.15. The predicted octanol–water partition coefficient (Wildman–Crippen LogP) is 3.36. The minimum Gasteiger partial charge on any atom is -0.385 e. The summed E-state index contributed by atoms with van der Waals surface area (Å²) < 4.78 is 5.04. The Morgan fingerprint density at radius 2 is 1.83 bits per heavy atom. The van der Waals surface area contributed by atoms with Crippen LogP contribution in [0.4, 0.5) is 0 Å². The zero-order valence-electron chi connectivity index (χ0n) is 11.0. The third-order valence-corrected chi connectivity index (χ3v) is 3.15. The van der Waals surface area contributed by atoms with Gasteiger partial charge in [0.1, 0.15) is 0 Å². The molecule has 96 valence electrons. The highest BCUT2D eigenvalue weighted by molar-refractivity contribution is 5.85. The molecule has 0 atom stereocenters. The average molecular weight is 243 g/mol. The maximum Gasteiger partial charge on any atom is 0.0462 e. The molecule has 0 fully saturated rings. The van der Waals surface area contributed by atoms with E-state index in [-0.39, 0.29) is 0 Å². The second-order valence-corrected chi connectivity index (χ2v) is 4.51. The largest absolute Gasteiger partial charge is 0.385 e. The zero-order valence-corrected chi connectivity index (χ0v) is 11.0. The van der Waals surface area contributed by atoms with Crippen LogP contribution in [0.25, 0.3) is 10.8 Å². The second kappa shape index (κ2) is 7.14. The average Bonchev–Trinajstić information content (AvgIpc) is 2.43. The number of unbranched alkanes of at least 4 members (excludes halogenated alkanes) is 1. The molecule has 0 radical (unpaired) electrons. The molecule has 0 bridgehead atoms. The first-order valence-electron chi connectivity index (χ1n) is 6.58. The van der Waals surface area contributed by atoms with Crippen molar-refractivity contribution in [3.05, 3.63) is 48.0 Å². The second-order valence-electron chi connectivity index (χ2n) is 4.51. The number of ether oxygens (including phenoxy) is 1. The Bertz CT molecular complexity index is 476. The first-order chi connectivity index (χ1) is 8.92. The van der Waals surface area contributed by atoms with Crippen molar-refractivity contribution >= 4 is 10.8 Å². The fourth-order valence-corrected chi connectivity index (χ4v) is 2.17. The fourth-order valence-electron chi connectivity index (χ4n) is 2.17. The lowest BCUT2D eigenvalue weighted by Crippen LogP contribution is -2.15. The predicted molar refractivity (Wildman–Crippen MR) is 76.8 cm³/mol. The van der Waals surface area contributed by atoms with Crippen LogP contribution >= 0.6 is 0 Å². The molecule has 0 saturated carbocycles. The Morgan fingerprint density at radius 3 is 2.72 bits per heavy atom. The summed E-state index contributed by atoms with van der Waals surface area (Å²) in [5.41, 5.74) is 1.37. The summed E-state index contributed by atoms with van der Waals surface area (Å²) >= 11 is 0. The number of methoxy groups -OCH3 is 1. The summed E-state index contributed by atoms with van der Waals surface area (Å²) in [7, 11) is 1.75. The Balaban J connectivity index is 1.88. The monoisotopic (exact) mass is 243 g/mol. The molecular formula is C16H21NO. The van der Waals surface area contributed by atoms with Crippen LogP contribution in [0.3, 0.4) is 0 Å². The molecule has 2 heteroatoms. The minimum atomic E-state index is 0.857. The number of nitrogens with one attached hydrogen (secondary N) is 1. The maximum absolute atomic E-state index is 5.04. The number of hydrogen-bond acceptors (Lipinski definition) is 2. The first-order valence-corrected chi connectivity index (χ1v) is 6.58. The van der Waals surface area contributed by atoms with Crippen LogP contribution in [0.2, 0.25) is 0 Å². The van der Waals surface area contributed by atoms with Gasteiger partial charge in [-0.25, -0.2) is 0 Å². The topological polar surface area (TPSA) is 21.3 Å². The van der Waals surface area contributed by atoms with E-state index in [1.54, 1.807) is 7.11 Å². The van der Waals surface area contributed by atoms with Crippen LogP contribution in [0.15, 0.2) is 42.5 Å². The van der Waals surface area contributed by atoms with Gasteiger partial charge in [-0.1, -0.05) is 42.5 Å². The summed E-state index contributed by atoms with van der Waals surface area (Å²) in [6.07, 6.45) is 2.29. The number of hydrogen-bond donors (Lipinski definition) is 1. The SMILES string of the molecule is COCCCCNCc1cccc2ccccc12. The van der Waals surface area contributed by atoms with E-state index in [4.69, 9.17) is 4.74 Å². The zero-order chi connectivity index (χ0) is 12.6. The van der Waals surface area contributed by atoms with Crippen molar-refractivity contribution < 1.29 is 4.74 Å². The lowest BCUT2D eigenvalue weighted by atomic mass is 10.0. The van der Waals surface area contributed by atoms with Crippen molar-refractivity contribution in [2.45, 2.75) is 19.4 Å². The molecule has 0 heterocycles. The Kier molecular flexibility index (Phi) is 5.18. The van der Waals surface area contributed by atoms with Crippen LogP contribution in [0, 0.1) is 0 Å². The standard InChI is InChI=1S/C16H21NO/c1-18-12-5-4-11-17-13-15-9-6-8-14-7-2-3-10-16(14)15/h2-3,6-10,17H,4-5,11-13H2,1H3. The molecule has 18 heavy (non-hydrogen) atoms. The summed E-state index contributed by atoms with van der Waals surface area (Å²) in [6.45, 7) is 2.84. The van der Waals surface area contributed by atoms with Gasteiger partial charge in [0.15, 0.2) is 0 Å². The Hall–Kier alpha value is -1.38. The highest BCUT2D eigenvalue weighted by atomic mass is 16.5. The first kappa shape index (κ1) is 13.1. The van der Waals surface area contributed by atoms with Gasteiger partial charge in [-0.05, 0) is 35.7 Å².